The van der Waals surface area contributed by atoms with E-state index < -0.39 is 11.7 Å². The number of aromatic hydroxyl groups is 1. The molecule has 2 aromatic carbocycles. The van der Waals surface area contributed by atoms with E-state index in [9.17, 15) is 23.1 Å². The fourth-order valence-corrected chi connectivity index (χ4v) is 2.12. The minimum absolute atomic E-state index is 0.100. The van der Waals surface area contributed by atoms with Gasteiger partial charge in [0.2, 0.25) is 0 Å². The number of phenols is 1. The average Bonchev–Trinajstić information content (AvgIpc) is 2.57. The number of hydrogen-bond acceptors (Lipinski definition) is 4. The summed E-state index contributed by atoms with van der Waals surface area (Å²) in [5.41, 5.74) is -0.307. The second-order valence-corrected chi connectivity index (χ2v) is 5.81. The molecule has 0 atom stereocenters. The first-order chi connectivity index (χ1) is 12.2. The number of benzene rings is 2. The van der Waals surface area contributed by atoms with E-state index in [1.165, 1.54) is 36.4 Å². The maximum atomic E-state index is 12.7. The van der Waals surface area contributed by atoms with Gasteiger partial charge in [0.25, 0.3) is 0 Å². The Morgan fingerprint density at radius 3 is 2.54 bits per heavy atom. The van der Waals surface area contributed by atoms with E-state index in [4.69, 9.17) is 4.74 Å². The first-order valence-electron chi connectivity index (χ1n) is 7.68. The van der Waals surface area contributed by atoms with Crippen LogP contribution in [0.25, 0.3) is 0 Å². The molecule has 0 saturated carbocycles. The first kappa shape index (κ1) is 19.4. The summed E-state index contributed by atoms with van der Waals surface area (Å²) in [5.74, 6) is -0.395. The Hall–Kier alpha value is -2.96. The number of ketones is 1. The van der Waals surface area contributed by atoms with Crippen LogP contribution in [0.3, 0.4) is 0 Å². The maximum absolute atomic E-state index is 12.7. The number of allylic oxidation sites excluding steroid dienone is 1. The second kappa shape index (κ2) is 7.95. The number of halogens is 3. The van der Waals surface area contributed by atoms with Crippen LogP contribution in [-0.4, -0.2) is 29.9 Å². The molecule has 2 rings (SSSR count). The molecule has 7 heteroatoms. The van der Waals surface area contributed by atoms with Gasteiger partial charge in [-0.05, 0) is 29.8 Å². The van der Waals surface area contributed by atoms with Crippen LogP contribution >= 0.6 is 0 Å². The van der Waals surface area contributed by atoms with Gasteiger partial charge in [0.05, 0.1) is 11.1 Å². The van der Waals surface area contributed by atoms with Crippen molar-refractivity contribution in [1.29, 1.82) is 0 Å². The van der Waals surface area contributed by atoms with Crippen molar-refractivity contribution >= 4 is 5.78 Å². The number of rotatable bonds is 6. The summed E-state index contributed by atoms with van der Waals surface area (Å²) in [5, 5.41) is 9.98. The monoisotopic (exact) mass is 365 g/mol. The van der Waals surface area contributed by atoms with E-state index in [-0.39, 0.29) is 29.5 Å². The predicted octanol–water partition coefficient (Wildman–Crippen LogP) is 4.25. The highest BCUT2D eigenvalue weighted by Crippen LogP contribution is 2.30. The van der Waals surface area contributed by atoms with Crippen LogP contribution in [0.2, 0.25) is 0 Å². The van der Waals surface area contributed by atoms with Crippen molar-refractivity contribution in [3.05, 3.63) is 71.4 Å². The molecule has 0 aliphatic heterocycles. The molecule has 0 radical (unpaired) electrons. The maximum Gasteiger partial charge on any atom is 0.416 e. The van der Waals surface area contributed by atoms with Crippen molar-refractivity contribution in [2.24, 2.45) is 0 Å². The lowest BCUT2D eigenvalue weighted by Gasteiger charge is -2.11. The third kappa shape index (κ3) is 5.27. The zero-order valence-corrected chi connectivity index (χ0v) is 14.2. The molecule has 1 N–H and O–H groups in total. The lowest BCUT2D eigenvalue weighted by Crippen LogP contribution is -2.06. The SMILES string of the molecule is CN(C)/C=C/C(=O)c1ccc(OCc2cccc(C(F)(F)F)c2)cc1O. The Morgan fingerprint density at radius 2 is 1.92 bits per heavy atom. The third-order valence-electron chi connectivity index (χ3n) is 3.42. The van der Waals surface area contributed by atoms with Crippen molar-refractivity contribution < 1.29 is 27.8 Å². The zero-order valence-electron chi connectivity index (χ0n) is 14.2. The summed E-state index contributed by atoms with van der Waals surface area (Å²) >= 11 is 0. The molecule has 0 spiro atoms. The lowest BCUT2D eigenvalue weighted by molar-refractivity contribution is -0.137. The van der Waals surface area contributed by atoms with Crippen molar-refractivity contribution in [2.45, 2.75) is 12.8 Å². The van der Waals surface area contributed by atoms with Gasteiger partial charge in [0, 0.05) is 32.4 Å². The normalized spacial score (nSPS) is 11.6. The van der Waals surface area contributed by atoms with Crippen LogP contribution in [0.1, 0.15) is 21.5 Å². The highest BCUT2D eigenvalue weighted by molar-refractivity contribution is 6.06. The Bertz CT molecular complexity index is 814. The highest BCUT2D eigenvalue weighted by atomic mass is 19.4. The average molecular weight is 365 g/mol. The topological polar surface area (TPSA) is 49.8 Å². The molecule has 26 heavy (non-hydrogen) atoms. The molecule has 138 valence electrons. The van der Waals surface area contributed by atoms with Gasteiger partial charge in [-0.25, -0.2) is 0 Å². The van der Waals surface area contributed by atoms with Gasteiger partial charge >= 0.3 is 6.18 Å². The Kier molecular flexibility index (Phi) is 5.92. The summed E-state index contributed by atoms with van der Waals surface area (Å²) in [6, 6.07) is 8.94. The number of phenolic OH excluding ortho intramolecular Hbond substituents is 1. The molecule has 4 nitrogen and oxygen atoms in total. The van der Waals surface area contributed by atoms with E-state index in [1.807, 2.05) is 0 Å². The molecule has 0 aliphatic rings. The van der Waals surface area contributed by atoms with Crippen LogP contribution in [-0.2, 0) is 12.8 Å². The van der Waals surface area contributed by atoms with Crippen LogP contribution in [0.4, 0.5) is 13.2 Å². The molecule has 0 saturated heterocycles. The minimum Gasteiger partial charge on any atom is -0.507 e. The molecule has 0 aromatic heterocycles. The third-order valence-corrected chi connectivity index (χ3v) is 3.42. The fraction of sp³-hybridized carbons (Fsp3) is 0.211. The largest absolute Gasteiger partial charge is 0.507 e. The summed E-state index contributed by atoms with van der Waals surface area (Å²) in [7, 11) is 3.52. The molecule has 0 unspecified atom stereocenters. The van der Waals surface area contributed by atoms with Gasteiger partial charge in [-0.15, -0.1) is 0 Å². The number of nitrogens with zero attached hydrogens (tertiary/aromatic N) is 1. The quantitative estimate of drug-likeness (QED) is 0.614. The zero-order chi connectivity index (χ0) is 19.3. The molecular weight excluding hydrogens is 347 g/mol. The van der Waals surface area contributed by atoms with Gasteiger partial charge in [0.1, 0.15) is 18.1 Å². The second-order valence-electron chi connectivity index (χ2n) is 5.81. The number of carbonyl (C=O) groups is 1. The van der Waals surface area contributed by atoms with Crippen molar-refractivity contribution in [2.75, 3.05) is 14.1 Å². The van der Waals surface area contributed by atoms with Crippen molar-refractivity contribution in [3.8, 4) is 11.5 Å². The predicted molar refractivity (Wildman–Crippen MR) is 91.0 cm³/mol. The molecule has 0 amide bonds. The van der Waals surface area contributed by atoms with Gasteiger partial charge in [-0.1, -0.05) is 12.1 Å². The number of carbonyl (C=O) groups excluding carboxylic acids is 1. The summed E-state index contributed by atoms with van der Waals surface area (Å²) in [4.78, 5) is 13.7. The number of alkyl halides is 3. The molecule has 2 aromatic rings. The van der Waals surface area contributed by atoms with Crippen molar-refractivity contribution in [1.82, 2.24) is 4.90 Å². The highest BCUT2D eigenvalue weighted by Gasteiger charge is 2.30. The molecular formula is C19H18F3NO3. The van der Waals surface area contributed by atoms with Crippen LogP contribution in [0.5, 0.6) is 11.5 Å². The Morgan fingerprint density at radius 1 is 1.19 bits per heavy atom. The van der Waals surface area contributed by atoms with Gasteiger partial charge in [-0.2, -0.15) is 13.2 Å². The van der Waals surface area contributed by atoms with E-state index in [0.717, 1.165) is 12.1 Å². The molecule has 0 aliphatic carbocycles. The van der Waals surface area contributed by atoms with E-state index >= 15 is 0 Å². The Balaban J connectivity index is 2.08. The fourth-order valence-electron chi connectivity index (χ4n) is 2.12. The van der Waals surface area contributed by atoms with Crippen LogP contribution < -0.4 is 4.74 Å². The molecule has 0 heterocycles. The van der Waals surface area contributed by atoms with Crippen LogP contribution in [0, 0.1) is 0 Å². The van der Waals surface area contributed by atoms with Gasteiger partial charge < -0.3 is 14.7 Å². The van der Waals surface area contributed by atoms with E-state index in [2.05, 4.69) is 0 Å². The smallest absolute Gasteiger partial charge is 0.416 e. The summed E-state index contributed by atoms with van der Waals surface area (Å²) in [6.45, 7) is -0.100. The Labute approximate surface area is 149 Å². The van der Waals surface area contributed by atoms with Gasteiger partial charge in [-0.3, -0.25) is 4.79 Å². The number of hydrogen-bond donors (Lipinski definition) is 1. The molecule has 0 bridgehead atoms. The van der Waals surface area contributed by atoms with Gasteiger partial charge in [0.15, 0.2) is 5.78 Å². The van der Waals surface area contributed by atoms with Crippen LogP contribution in [0.15, 0.2) is 54.7 Å². The van der Waals surface area contributed by atoms with E-state index in [0.29, 0.717) is 5.56 Å². The first-order valence-corrected chi connectivity index (χ1v) is 7.68. The summed E-state index contributed by atoms with van der Waals surface area (Å²) in [6.07, 6.45) is -1.55. The van der Waals surface area contributed by atoms with E-state index in [1.54, 1.807) is 25.2 Å². The molecule has 0 fully saturated rings. The lowest BCUT2D eigenvalue weighted by atomic mass is 10.1. The standard InChI is InChI=1S/C19H18F3NO3/c1-23(2)9-8-17(24)16-7-6-15(11-18(16)25)26-12-13-4-3-5-14(10-13)19(20,21)22/h3-11,25H,12H2,1-2H3/b9-8+. The van der Waals surface area contributed by atoms with Crippen molar-refractivity contribution in [3.63, 3.8) is 0 Å². The minimum atomic E-state index is -4.42. The number of ether oxygens (including phenoxy) is 1. The summed E-state index contributed by atoms with van der Waals surface area (Å²) < 4.78 is 43.5.